The first-order valence-electron chi connectivity index (χ1n) is 12.0. The van der Waals surface area contributed by atoms with Gasteiger partial charge in [0.25, 0.3) is 0 Å². The monoisotopic (exact) mass is 537 g/mol. The van der Waals surface area contributed by atoms with E-state index >= 15 is 0 Å². The molecule has 3 aromatic carbocycles. The fourth-order valence-electron chi connectivity index (χ4n) is 4.19. The number of ether oxygens (including phenoxy) is 4. The van der Waals surface area contributed by atoms with Crippen molar-refractivity contribution in [2.45, 2.75) is 18.9 Å². The molecular formula is C28H28ClN3O6. The van der Waals surface area contributed by atoms with Crippen LogP contribution < -0.4 is 15.4 Å². The zero-order valence-corrected chi connectivity index (χ0v) is 21.8. The molecule has 0 saturated carbocycles. The number of nitrogens with one attached hydrogen (secondary N) is 3. The van der Waals surface area contributed by atoms with Crippen molar-refractivity contribution in [3.8, 4) is 11.5 Å². The minimum absolute atomic E-state index is 0.00994. The number of anilines is 3. The van der Waals surface area contributed by atoms with Crippen LogP contribution in [0.1, 0.15) is 39.1 Å². The van der Waals surface area contributed by atoms with E-state index in [2.05, 4.69) is 10.6 Å². The highest BCUT2D eigenvalue weighted by molar-refractivity contribution is 6.32. The van der Waals surface area contributed by atoms with Gasteiger partial charge in [-0.1, -0.05) is 29.8 Å². The molecule has 0 unspecified atom stereocenters. The van der Waals surface area contributed by atoms with Gasteiger partial charge in [0, 0.05) is 36.7 Å². The molecule has 38 heavy (non-hydrogen) atoms. The summed E-state index contributed by atoms with van der Waals surface area (Å²) in [6.07, 6.45) is 2.85. The number of hydrogen-bond acceptors (Lipinski definition) is 9. The fraction of sp³-hybridized carbons (Fsp3) is 0.250. The molecule has 1 aliphatic rings. The molecule has 0 bridgehead atoms. The summed E-state index contributed by atoms with van der Waals surface area (Å²) >= 11 is 6.35. The van der Waals surface area contributed by atoms with E-state index in [0.29, 0.717) is 46.7 Å². The Kier molecular flexibility index (Phi) is 8.83. The van der Waals surface area contributed by atoms with Crippen molar-refractivity contribution in [2.24, 2.45) is 0 Å². The summed E-state index contributed by atoms with van der Waals surface area (Å²) in [4.78, 5) is 25.2. The largest absolute Gasteiger partial charge is 0.465 e. The maximum absolute atomic E-state index is 12.8. The molecule has 10 heteroatoms. The van der Waals surface area contributed by atoms with Crippen LogP contribution in [-0.2, 0) is 14.2 Å². The molecule has 198 valence electrons. The van der Waals surface area contributed by atoms with E-state index < -0.39 is 11.9 Å². The number of hydrogen-bond donors (Lipinski definition) is 3. The molecule has 0 aromatic heterocycles. The van der Waals surface area contributed by atoms with E-state index in [4.69, 9.17) is 36.0 Å². The number of para-hydroxylation sites is 1. The van der Waals surface area contributed by atoms with Crippen LogP contribution >= 0.6 is 11.6 Å². The standard InChI is InChI=1S/C28H28ClN3O6/c1-35-27(33)18-6-5-8-22(25(18)28(34)36-2)32-26-19(16-30)21(31-17-12-14-37-15-13-17)10-11-24(26)38-23-9-4-3-7-20(23)29/h3-11,16-17,30-32H,12-15H2,1-2H3. The molecule has 4 rings (SSSR count). The number of benzene rings is 3. The number of methoxy groups -OCH3 is 2. The van der Waals surface area contributed by atoms with Crippen LogP contribution in [0.25, 0.3) is 0 Å². The number of esters is 2. The van der Waals surface area contributed by atoms with Gasteiger partial charge in [0.2, 0.25) is 0 Å². The summed E-state index contributed by atoms with van der Waals surface area (Å²) in [5, 5.41) is 15.4. The normalized spacial score (nSPS) is 13.3. The van der Waals surface area contributed by atoms with Crippen LogP contribution in [-0.4, -0.2) is 51.6 Å². The van der Waals surface area contributed by atoms with Crippen LogP contribution in [0, 0.1) is 5.41 Å². The lowest BCUT2D eigenvalue weighted by Crippen LogP contribution is -2.28. The minimum atomic E-state index is -0.727. The van der Waals surface area contributed by atoms with Gasteiger partial charge in [-0.3, -0.25) is 0 Å². The Labute approximate surface area is 225 Å². The topological polar surface area (TPSA) is 119 Å². The predicted octanol–water partition coefficient (Wildman–Crippen LogP) is 6.04. The lowest BCUT2D eigenvalue weighted by Gasteiger charge is -2.26. The zero-order valence-electron chi connectivity index (χ0n) is 21.0. The highest BCUT2D eigenvalue weighted by Crippen LogP contribution is 2.41. The molecule has 0 radical (unpaired) electrons. The van der Waals surface area contributed by atoms with E-state index in [1.807, 2.05) is 6.07 Å². The van der Waals surface area contributed by atoms with Crippen LogP contribution in [0.4, 0.5) is 17.1 Å². The van der Waals surface area contributed by atoms with Gasteiger partial charge in [-0.05, 0) is 49.2 Å². The molecule has 9 nitrogen and oxygen atoms in total. The van der Waals surface area contributed by atoms with Crippen molar-refractivity contribution in [3.05, 3.63) is 76.3 Å². The molecule has 3 aromatic rings. The summed E-state index contributed by atoms with van der Waals surface area (Å²) in [5.74, 6) is -0.651. The molecule has 3 N–H and O–H groups in total. The van der Waals surface area contributed by atoms with Crippen molar-refractivity contribution in [1.82, 2.24) is 0 Å². The van der Waals surface area contributed by atoms with Gasteiger partial charge in [-0.25, -0.2) is 9.59 Å². The maximum Gasteiger partial charge on any atom is 0.340 e. The Hall–Kier alpha value is -4.08. The van der Waals surface area contributed by atoms with Gasteiger partial charge in [-0.15, -0.1) is 0 Å². The van der Waals surface area contributed by atoms with Gasteiger partial charge in [-0.2, -0.15) is 0 Å². The third kappa shape index (κ3) is 5.90. The van der Waals surface area contributed by atoms with E-state index in [9.17, 15) is 9.59 Å². The second-order valence-electron chi connectivity index (χ2n) is 8.44. The van der Waals surface area contributed by atoms with Crippen molar-refractivity contribution in [2.75, 3.05) is 38.1 Å². The first kappa shape index (κ1) is 27.0. The summed E-state index contributed by atoms with van der Waals surface area (Å²) in [6.45, 7) is 1.30. The Bertz CT molecular complexity index is 1340. The van der Waals surface area contributed by atoms with Gasteiger partial charge < -0.3 is 35.0 Å². The van der Waals surface area contributed by atoms with Crippen molar-refractivity contribution in [3.63, 3.8) is 0 Å². The number of rotatable bonds is 9. The average molecular weight is 538 g/mol. The van der Waals surface area contributed by atoms with Crippen molar-refractivity contribution >= 4 is 46.8 Å². The predicted molar refractivity (Wildman–Crippen MR) is 146 cm³/mol. The van der Waals surface area contributed by atoms with Gasteiger partial charge in [0.15, 0.2) is 5.75 Å². The van der Waals surface area contributed by atoms with Crippen molar-refractivity contribution < 1.29 is 28.5 Å². The van der Waals surface area contributed by atoms with Crippen LogP contribution in [0.2, 0.25) is 5.02 Å². The van der Waals surface area contributed by atoms with Crippen LogP contribution in [0.15, 0.2) is 54.6 Å². The third-order valence-electron chi connectivity index (χ3n) is 6.11. The summed E-state index contributed by atoms with van der Waals surface area (Å²) in [7, 11) is 2.46. The summed E-state index contributed by atoms with van der Waals surface area (Å²) in [5.41, 5.74) is 1.87. The molecule has 1 saturated heterocycles. The van der Waals surface area contributed by atoms with Crippen molar-refractivity contribution in [1.29, 1.82) is 5.41 Å². The van der Waals surface area contributed by atoms with Crippen LogP contribution in [0.3, 0.4) is 0 Å². The van der Waals surface area contributed by atoms with E-state index in [1.54, 1.807) is 42.5 Å². The quantitative estimate of drug-likeness (QED) is 0.223. The highest BCUT2D eigenvalue weighted by Gasteiger charge is 2.25. The molecule has 1 aliphatic heterocycles. The lowest BCUT2D eigenvalue weighted by atomic mass is 10.0. The molecule has 0 amide bonds. The van der Waals surface area contributed by atoms with Gasteiger partial charge in [0.1, 0.15) is 5.75 Å². The molecule has 0 spiro atoms. The molecule has 0 aliphatic carbocycles. The Balaban J connectivity index is 1.85. The highest BCUT2D eigenvalue weighted by atomic mass is 35.5. The second kappa shape index (κ2) is 12.4. The first-order valence-corrected chi connectivity index (χ1v) is 12.4. The number of carbonyl (C=O) groups is 2. The summed E-state index contributed by atoms with van der Waals surface area (Å²) in [6, 6.07) is 15.5. The minimum Gasteiger partial charge on any atom is -0.465 e. The third-order valence-corrected chi connectivity index (χ3v) is 6.42. The lowest BCUT2D eigenvalue weighted by molar-refractivity contribution is 0.0556. The Morgan fingerprint density at radius 3 is 2.37 bits per heavy atom. The fourth-order valence-corrected chi connectivity index (χ4v) is 4.36. The number of carbonyl (C=O) groups excluding carboxylic acids is 2. The molecule has 1 fully saturated rings. The second-order valence-corrected chi connectivity index (χ2v) is 8.85. The SMILES string of the molecule is COC(=O)c1cccc(Nc2c(Oc3ccccc3Cl)ccc(NC3CCOCC3)c2C=N)c1C(=O)OC. The van der Waals surface area contributed by atoms with E-state index in [-0.39, 0.29) is 22.9 Å². The van der Waals surface area contributed by atoms with E-state index in [1.165, 1.54) is 26.5 Å². The summed E-state index contributed by atoms with van der Waals surface area (Å²) < 4.78 is 21.5. The first-order chi connectivity index (χ1) is 18.5. The maximum atomic E-state index is 12.8. The van der Waals surface area contributed by atoms with Gasteiger partial charge in [0.05, 0.1) is 41.7 Å². The molecule has 0 atom stereocenters. The van der Waals surface area contributed by atoms with Gasteiger partial charge >= 0.3 is 11.9 Å². The zero-order chi connectivity index (χ0) is 27.1. The Morgan fingerprint density at radius 2 is 1.68 bits per heavy atom. The Morgan fingerprint density at radius 1 is 0.947 bits per heavy atom. The van der Waals surface area contributed by atoms with Crippen LogP contribution in [0.5, 0.6) is 11.5 Å². The number of halogens is 1. The smallest absolute Gasteiger partial charge is 0.340 e. The molecule has 1 heterocycles. The van der Waals surface area contributed by atoms with E-state index in [0.717, 1.165) is 12.8 Å². The average Bonchev–Trinajstić information content (AvgIpc) is 2.95. The molecular weight excluding hydrogens is 510 g/mol.